The highest BCUT2D eigenvalue weighted by Crippen LogP contribution is 2.60. The van der Waals surface area contributed by atoms with Crippen molar-refractivity contribution >= 4 is 11.9 Å². The molecule has 0 aromatic carbocycles. The van der Waals surface area contributed by atoms with E-state index < -0.39 is 54.0 Å². The second kappa shape index (κ2) is 5.88. The average Bonchev–Trinajstić information content (AvgIpc) is 3.29. The molecule has 4 aliphatic rings. The second-order valence-electron chi connectivity index (χ2n) is 8.29. The van der Waals surface area contributed by atoms with E-state index in [0.717, 1.165) is 12.5 Å². The molecule has 0 bridgehead atoms. The van der Waals surface area contributed by atoms with E-state index in [2.05, 4.69) is 13.2 Å². The van der Waals surface area contributed by atoms with E-state index in [1.54, 1.807) is 0 Å². The van der Waals surface area contributed by atoms with Gasteiger partial charge in [0, 0.05) is 17.9 Å². The highest BCUT2D eigenvalue weighted by atomic mass is 16.6. The molecule has 0 aromatic heterocycles. The summed E-state index contributed by atoms with van der Waals surface area (Å²) in [6.07, 6.45) is -1.47. The second-order valence-corrected chi connectivity index (χ2v) is 8.29. The topological polar surface area (TPSA) is 126 Å². The van der Waals surface area contributed by atoms with Gasteiger partial charge in [0.1, 0.15) is 17.8 Å². The van der Waals surface area contributed by atoms with Crippen LogP contribution in [-0.2, 0) is 23.8 Å². The van der Waals surface area contributed by atoms with Crippen LogP contribution in [0.1, 0.15) is 19.8 Å². The molecule has 2 saturated carbocycles. The van der Waals surface area contributed by atoms with Crippen molar-refractivity contribution in [3.63, 3.8) is 0 Å². The molecular weight excluding hydrogens is 356 g/mol. The van der Waals surface area contributed by atoms with Crippen LogP contribution in [0.4, 0.5) is 0 Å². The molecule has 148 valence electrons. The number of fused-ring (bicyclic) bond motifs is 4. The molecule has 8 heteroatoms. The van der Waals surface area contributed by atoms with Gasteiger partial charge < -0.3 is 29.5 Å². The first-order valence-corrected chi connectivity index (χ1v) is 9.06. The number of carbonyl (C=O) groups excluding carboxylic acids is 2. The highest BCUT2D eigenvalue weighted by Gasteiger charge is 2.71. The maximum Gasteiger partial charge on any atom is 0.340 e. The molecule has 2 aliphatic carbocycles. The number of hydrogen-bond acceptors (Lipinski definition) is 8. The Morgan fingerprint density at radius 2 is 2.11 bits per heavy atom. The van der Waals surface area contributed by atoms with E-state index in [1.165, 1.54) is 0 Å². The van der Waals surface area contributed by atoms with Crippen LogP contribution >= 0.6 is 0 Å². The van der Waals surface area contributed by atoms with Gasteiger partial charge in [-0.15, -0.1) is 0 Å². The molecular formula is C19H24O8. The van der Waals surface area contributed by atoms with Gasteiger partial charge in [0.15, 0.2) is 5.60 Å². The third-order valence-corrected chi connectivity index (χ3v) is 6.53. The largest absolute Gasteiger partial charge is 0.459 e. The minimum atomic E-state index is -2.05. The molecule has 8 atom stereocenters. The van der Waals surface area contributed by atoms with Crippen LogP contribution in [0.15, 0.2) is 24.3 Å². The van der Waals surface area contributed by atoms with E-state index in [0.29, 0.717) is 13.0 Å². The summed E-state index contributed by atoms with van der Waals surface area (Å²) in [5, 5.41) is 29.7. The molecule has 4 rings (SSSR count). The molecule has 0 amide bonds. The number of hydrogen-bond donors (Lipinski definition) is 3. The molecule has 2 heterocycles. The fourth-order valence-corrected chi connectivity index (χ4v) is 4.87. The Labute approximate surface area is 156 Å². The third-order valence-electron chi connectivity index (χ3n) is 6.53. The van der Waals surface area contributed by atoms with Crippen molar-refractivity contribution in [2.75, 3.05) is 13.2 Å². The van der Waals surface area contributed by atoms with Gasteiger partial charge in [0.05, 0.1) is 25.2 Å². The molecule has 4 fully saturated rings. The van der Waals surface area contributed by atoms with Crippen molar-refractivity contribution in [1.29, 1.82) is 0 Å². The van der Waals surface area contributed by atoms with Crippen LogP contribution in [0.25, 0.3) is 0 Å². The number of aliphatic hydroxyl groups is 3. The Hall–Kier alpha value is -1.74. The van der Waals surface area contributed by atoms with Gasteiger partial charge in [0.25, 0.3) is 0 Å². The normalized spacial score (nSPS) is 45.0. The lowest BCUT2D eigenvalue weighted by Gasteiger charge is -2.31. The van der Waals surface area contributed by atoms with E-state index >= 15 is 0 Å². The van der Waals surface area contributed by atoms with E-state index in [9.17, 15) is 24.9 Å². The smallest absolute Gasteiger partial charge is 0.340 e. The summed E-state index contributed by atoms with van der Waals surface area (Å²) in [5.74, 6) is -2.62. The standard InChI is InChI=1S/C19H24O8/c1-8-4-11(26-17(23)18(3,24)6-20)13-9(2)16(22)27-15(13)14-10(8)5-12(21)19(14)7-25-19/h10-15,20-21,24H,1-2,4-7H2,3H3/t10-,11-,12-,13+,14-,15+,18+,19+/m0/s1. The van der Waals surface area contributed by atoms with Crippen LogP contribution < -0.4 is 0 Å². The zero-order valence-electron chi connectivity index (χ0n) is 15.1. The van der Waals surface area contributed by atoms with Gasteiger partial charge in [-0.25, -0.2) is 9.59 Å². The lowest BCUT2D eigenvalue weighted by molar-refractivity contribution is -0.176. The van der Waals surface area contributed by atoms with E-state index in [-0.39, 0.29) is 23.8 Å². The number of carbonyl (C=O) groups is 2. The molecule has 3 N–H and O–H groups in total. The third kappa shape index (κ3) is 2.58. The quantitative estimate of drug-likeness (QED) is 0.258. The van der Waals surface area contributed by atoms with Crippen molar-refractivity contribution < 1.29 is 39.1 Å². The maximum atomic E-state index is 12.3. The molecule has 0 unspecified atom stereocenters. The Morgan fingerprint density at radius 3 is 2.70 bits per heavy atom. The van der Waals surface area contributed by atoms with Crippen LogP contribution in [0.5, 0.6) is 0 Å². The number of epoxide rings is 1. The van der Waals surface area contributed by atoms with Gasteiger partial charge in [-0.3, -0.25) is 0 Å². The van der Waals surface area contributed by atoms with Crippen LogP contribution in [0, 0.1) is 17.8 Å². The van der Waals surface area contributed by atoms with Crippen LogP contribution in [-0.4, -0.2) is 70.0 Å². The van der Waals surface area contributed by atoms with Gasteiger partial charge in [-0.1, -0.05) is 18.7 Å². The first kappa shape index (κ1) is 18.6. The summed E-state index contributed by atoms with van der Waals surface area (Å²) in [4.78, 5) is 24.6. The summed E-state index contributed by atoms with van der Waals surface area (Å²) in [5.41, 5.74) is -1.87. The number of esters is 2. The zero-order valence-corrected chi connectivity index (χ0v) is 15.1. The summed E-state index contributed by atoms with van der Waals surface area (Å²) >= 11 is 0. The predicted octanol–water partition coefficient (Wildman–Crippen LogP) is -0.535. The molecule has 2 aliphatic heterocycles. The monoisotopic (exact) mass is 380 g/mol. The van der Waals surface area contributed by atoms with Gasteiger partial charge >= 0.3 is 11.9 Å². The van der Waals surface area contributed by atoms with Gasteiger partial charge in [0.2, 0.25) is 0 Å². The predicted molar refractivity (Wildman–Crippen MR) is 90.1 cm³/mol. The Morgan fingerprint density at radius 1 is 1.44 bits per heavy atom. The number of rotatable bonds is 3. The van der Waals surface area contributed by atoms with Crippen molar-refractivity contribution in [2.24, 2.45) is 17.8 Å². The van der Waals surface area contributed by atoms with Crippen molar-refractivity contribution in [3.05, 3.63) is 24.3 Å². The minimum absolute atomic E-state index is 0.143. The minimum Gasteiger partial charge on any atom is -0.459 e. The highest BCUT2D eigenvalue weighted by molar-refractivity contribution is 5.91. The van der Waals surface area contributed by atoms with Gasteiger partial charge in [-0.2, -0.15) is 0 Å². The van der Waals surface area contributed by atoms with Crippen LogP contribution in [0.2, 0.25) is 0 Å². The summed E-state index contributed by atoms with van der Waals surface area (Å²) in [6.45, 7) is 8.67. The first-order chi connectivity index (χ1) is 12.6. The van der Waals surface area contributed by atoms with E-state index in [1.807, 2.05) is 0 Å². The SMILES string of the molecule is C=C1C(=O)O[C@@H]2[C@H]1[C@@H](OC(=O)[C@](C)(O)CO)CC(=C)[C@@H]1C[C@H](O)[C@]3(CO3)[C@H]21. The zero-order chi connectivity index (χ0) is 19.7. The Bertz CT molecular complexity index is 721. The molecule has 1 spiro atoms. The molecule has 0 radical (unpaired) electrons. The Kier molecular flexibility index (Phi) is 4.05. The Balaban J connectivity index is 1.69. The fourth-order valence-electron chi connectivity index (χ4n) is 4.87. The molecule has 2 saturated heterocycles. The van der Waals surface area contributed by atoms with Crippen molar-refractivity contribution in [1.82, 2.24) is 0 Å². The van der Waals surface area contributed by atoms with Crippen molar-refractivity contribution in [3.8, 4) is 0 Å². The summed E-state index contributed by atoms with van der Waals surface area (Å²) < 4.78 is 16.7. The van der Waals surface area contributed by atoms with E-state index in [4.69, 9.17) is 14.2 Å². The number of ether oxygens (including phenoxy) is 3. The van der Waals surface area contributed by atoms with Crippen molar-refractivity contribution in [2.45, 2.75) is 49.3 Å². The van der Waals surface area contributed by atoms with Gasteiger partial charge in [-0.05, 0) is 19.3 Å². The lowest BCUT2D eigenvalue weighted by Crippen LogP contribution is -2.46. The molecule has 27 heavy (non-hydrogen) atoms. The molecule has 0 aromatic rings. The fraction of sp³-hybridized carbons (Fsp3) is 0.684. The number of aliphatic hydroxyl groups excluding tert-OH is 2. The average molecular weight is 380 g/mol. The first-order valence-electron chi connectivity index (χ1n) is 9.06. The molecule has 8 nitrogen and oxygen atoms in total. The lowest BCUT2D eigenvalue weighted by atomic mass is 9.78. The summed E-state index contributed by atoms with van der Waals surface area (Å²) in [7, 11) is 0. The summed E-state index contributed by atoms with van der Waals surface area (Å²) in [6, 6.07) is 0. The maximum absolute atomic E-state index is 12.3. The van der Waals surface area contributed by atoms with Crippen LogP contribution in [0.3, 0.4) is 0 Å².